The van der Waals surface area contributed by atoms with Gasteiger partial charge in [0, 0.05) is 5.41 Å². The van der Waals surface area contributed by atoms with Crippen LogP contribution in [0.15, 0.2) is 48.7 Å². The van der Waals surface area contributed by atoms with Gasteiger partial charge in [0.15, 0.2) is 0 Å². The van der Waals surface area contributed by atoms with E-state index < -0.39 is 0 Å². The first-order valence-electron chi connectivity index (χ1n) is 5.13. The number of benzene rings is 1. The Balaban J connectivity index is 2.37. The van der Waals surface area contributed by atoms with Crippen molar-refractivity contribution in [3.8, 4) is 0 Å². The van der Waals surface area contributed by atoms with Crippen molar-refractivity contribution < 1.29 is 4.74 Å². The molecule has 0 heterocycles. The number of hydrogen-bond acceptors (Lipinski definition) is 1. The molecule has 15 heavy (non-hydrogen) atoms. The monoisotopic (exact) mass is 202 g/mol. The largest absolute Gasteiger partial charge is 0.376 e. The second-order valence-corrected chi connectivity index (χ2v) is 4.32. The maximum absolute atomic E-state index is 5.64. The van der Waals surface area contributed by atoms with Crippen LogP contribution in [0, 0.1) is 5.41 Å². The number of rotatable bonds is 5. The van der Waals surface area contributed by atoms with Crippen LogP contribution in [0.25, 0.3) is 0 Å². The predicted molar refractivity (Wildman–Crippen MR) is 63.6 cm³/mol. The maximum atomic E-state index is 5.64. The summed E-state index contributed by atoms with van der Waals surface area (Å²) in [6, 6.07) is 10.2. The van der Waals surface area contributed by atoms with Crippen molar-refractivity contribution in [3.05, 3.63) is 54.3 Å². The van der Waals surface area contributed by atoms with E-state index in [-0.39, 0.29) is 5.41 Å². The summed E-state index contributed by atoms with van der Waals surface area (Å²) >= 11 is 0. The molecule has 0 spiro atoms. The van der Waals surface area contributed by atoms with Crippen LogP contribution >= 0.6 is 0 Å². The normalized spacial score (nSPS) is 10.8. The third kappa shape index (κ3) is 4.64. The van der Waals surface area contributed by atoms with E-state index >= 15 is 0 Å². The van der Waals surface area contributed by atoms with Crippen LogP contribution in [0.5, 0.6) is 0 Å². The first-order chi connectivity index (χ1) is 7.14. The quantitative estimate of drug-likeness (QED) is 0.663. The molecule has 0 amide bonds. The highest BCUT2D eigenvalue weighted by atomic mass is 16.5. The summed E-state index contributed by atoms with van der Waals surface area (Å²) in [5.74, 6) is 0. The maximum Gasteiger partial charge on any atom is 0.0717 e. The fraction of sp³-hybridized carbons (Fsp3) is 0.357. The van der Waals surface area contributed by atoms with Gasteiger partial charge < -0.3 is 4.74 Å². The molecule has 0 unspecified atom stereocenters. The molecule has 0 fully saturated rings. The molecule has 0 saturated heterocycles. The molecule has 0 aliphatic rings. The molecule has 80 valence electrons. The molecule has 0 saturated carbocycles. The molecule has 1 rings (SSSR count). The van der Waals surface area contributed by atoms with E-state index in [2.05, 4.69) is 38.3 Å². The van der Waals surface area contributed by atoms with Gasteiger partial charge in [-0.1, -0.05) is 50.8 Å². The third-order valence-electron chi connectivity index (χ3n) is 2.08. The van der Waals surface area contributed by atoms with E-state index in [0.29, 0.717) is 13.2 Å². The van der Waals surface area contributed by atoms with Crippen molar-refractivity contribution in [2.75, 3.05) is 6.61 Å². The van der Waals surface area contributed by atoms with Crippen molar-refractivity contribution in [1.82, 2.24) is 0 Å². The van der Waals surface area contributed by atoms with Crippen molar-refractivity contribution in [2.45, 2.75) is 20.5 Å². The topological polar surface area (TPSA) is 9.23 Å². The Morgan fingerprint density at radius 2 is 2.00 bits per heavy atom. The van der Waals surface area contributed by atoms with E-state index in [1.165, 1.54) is 5.56 Å². The molecule has 0 aliphatic heterocycles. The second-order valence-electron chi connectivity index (χ2n) is 4.32. The molecule has 1 aromatic carbocycles. The van der Waals surface area contributed by atoms with Gasteiger partial charge in [-0.05, 0) is 11.6 Å². The van der Waals surface area contributed by atoms with Crippen molar-refractivity contribution >= 4 is 0 Å². The first kappa shape index (κ1) is 11.8. The van der Waals surface area contributed by atoms with E-state index in [9.17, 15) is 0 Å². The highest BCUT2D eigenvalue weighted by Gasteiger charge is 2.13. The highest BCUT2D eigenvalue weighted by molar-refractivity contribution is 5.13. The molecule has 0 atom stereocenters. The zero-order chi connectivity index (χ0) is 11.1. The fourth-order valence-electron chi connectivity index (χ4n) is 1.32. The van der Waals surface area contributed by atoms with Crippen LogP contribution < -0.4 is 0 Å². The number of hydrogen-bond donors (Lipinski definition) is 0. The Morgan fingerprint density at radius 1 is 1.33 bits per heavy atom. The molecule has 0 aromatic heterocycles. The molecule has 1 heteroatoms. The minimum Gasteiger partial charge on any atom is -0.376 e. The zero-order valence-electron chi connectivity index (χ0n) is 9.49. The van der Waals surface area contributed by atoms with Crippen LogP contribution in [0.3, 0.4) is 0 Å². The molecule has 0 radical (unpaired) electrons. The molecule has 0 aliphatic carbocycles. The average molecular weight is 202 g/mol. The molecular weight excluding hydrogens is 184 g/mol. The van der Waals surface area contributed by atoms with Gasteiger partial charge in [0.25, 0.3) is 0 Å². The highest BCUT2D eigenvalue weighted by Crippen LogP contribution is 2.17. The summed E-state index contributed by atoms with van der Waals surface area (Å²) < 4.78 is 5.64. The minimum atomic E-state index is 0.0104. The third-order valence-corrected chi connectivity index (χ3v) is 2.08. The van der Waals surface area contributed by atoms with Crippen molar-refractivity contribution in [2.24, 2.45) is 5.41 Å². The van der Waals surface area contributed by atoms with Crippen molar-refractivity contribution in [1.29, 1.82) is 0 Å². The summed E-state index contributed by atoms with van der Waals surface area (Å²) in [5.41, 5.74) is 4.02. The fourth-order valence-corrected chi connectivity index (χ4v) is 1.32. The smallest absolute Gasteiger partial charge is 0.0717 e. The summed E-state index contributed by atoms with van der Waals surface area (Å²) in [5, 5.41) is 0. The molecule has 1 nitrogen and oxygen atoms in total. The van der Waals surface area contributed by atoms with Crippen LogP contribution in [0.4, 0.5) is 0 Å². The Kier molecular flexibility index (Phi) is 4.36. The Bertz CT molecular complexity index is 332. The van der Waals surface area contributed by atoms with Gasteiger partial charge >= 0.3 is 0 Å². The summed E-state index contributed by atoms with van der Waals surface area (Å²) in [7, 11) is 0. The zero-order valence-corrected chi connectivity index (χ0v) is 9.49. The van der Waals surface area contributed by atoms with Gasteiger partial charge in [-0.3, -0.25) is 0 Å². The van der Waals surface area contributed by atoms with E-state index in [1.807, 2.05) is 24.3 Å². The van der Waals surface area contributed by atoms with Gasteiger partial charge in [-0.2, -0.15) is 0 Å². The van der Waals surface area contributed by atoms with E-state index in [1.54, 1.807) is 0 Å². The van der Waals surface area contributed by atoms with Crippen LogP contribution in [-0.2, 0) is 11.3 Å². The summed E-state index contributed by atoms with van der Waals surface area (Å²) in [4.78, 5) is 0. The Labute approximate surface area is 92.1 Å². The Hall–Kier alpha value is -1.30. The van der Waals surface area contributed by atoms with Crippen molar-refractivity contribution in [3.63, 3.8) is 0 Å². The van der Waals surface area contributed by atoms with Crippen LogP contribution in [0.2, 0.25) is 0 Å². The van der Waals surface area contributed by atoms with Gasteiger partial charge in [-0.15, -0.1) is 5.73 Å². The van der Waals surface area contributed by atoms with Crippen LogP contribution in [0.1, 0.15) is 19.4 Å². The van der Waals surface area contributed by atoms with Gasteiger partial charge in [0.1, 0.15) is 0 Å². The second kappa shape index (κ2) is 5.55. The van der Waals surface area contributed by atoms with Gasteiger partial charge in [-0.25, -0.2) is 0 Å². The first-order valence-corrected chi connectivity index (χ1v) is 5.13. The lowest BCUT2D eigenvalue weighted by Gasteiger charge is -2.18. The molecule has 0 N–H and O–H groups in total. The van der Waals surface area contributed by atoms with Gasteiger partial charge in [0.05, 0.1) is 13.2 Å². The molecule has 0 bridgehead atoms. The molecular formula is C14H18O. The molecule has 1 aromatic rings. The SMILES string of the molecule is C=C=CC(C)(C)COCc1ccccc1. The van der Waals surface area contributed by atoms with Crippen LogP contribution in [-0.4, -0.2) is 6.61 Å². The summed E-state index contributed by atoms with van der Waals surface area (Å²) in [6.45, 7) is 9.14. The standard InChI is InChI=1S/C14H18O/c1-4-10-14(2,3)12-15-11-13-8-6-5-7-9-13/h5-10H,1,11-12H2,2-3H3. The average Bonchev–Trinajstić information content (AvgIpc) is 2.19. The minimum absolute atomic E-state index is 0.0104. The lowest BCUT2D eigenvalue weighted by Crippen LogP contribution is -2.15. The lowest BCUT2D eigenvalue weighted by molar-refractivity contribution is 0.0718. The number of ether oxygens (including phenoxy) is 1. The lowest BCUT2D eigenvalue weighted by atomic mass is 9.95. The van der Waals surface area contributed by atoms with E-state index in [4.69, 9.17) is 4.74 Å². The Morgan fingerprint density at radius 3 is 2.60 bits per heavy atom. The summed E-state index contributed by atoms with van der Waals surface area (Å²) in [6.07, 6.45) is 1.94. The van der Waals surface area contributed by atoms with E-state index in [0.717, 1.165) is 0 Å². The van der Waals surface area contributed by atoms with Gasteiger partial charge in [0.2, 0.25) is 0 Å². The predicted octanol–water partition coefficient (Wildman–Crippen LogP) is 3.57.